The quantitative estimate of drug-likeness (QED) is 0.758. The molecule has 0 aliphatic carbocycles. The molecule has 0 saturated heterocycles. The molecule has 16 heavy (non-hydrogen) atoms. The Labute approximate surface area is 98.5 Å². The standard InChI is InChI=1S/C13H12N2S/c1-2-12-8-10-4-5-11(9-13(10)16-12)15-7-3-6-14/h2,4-9,14H,1,3H2. The van der Waals surface area contributed by atoms with Gasteiger partial charge >= 0.3 is 0 Å². The van der Waals surface area contributed by atoms with Crippen molar-refractivity contribution >= 4 is 45.6 Å². The lowest BCUT2D eigenvalue weighted by atomic mass is 10.2. The Hall–Kier alpha value is -1.74. The lowest BCUT2D eigenvalue weighted by Crippen LogP contribution is -1.73. The number of hydrogen-bond donors (Lipinski definition) is 1. The molecule has 0 aliphatic heterocycles. The third-order valence-corrected chi connectivity index (χ3v) is 3.28. The molecule has 1 N–H and O–H groups in total. The summed E-state index contributed by atoms with van der Waals surface area (Å²) in [4.78, 5) is 5.46. The Morgan fingerprint density at radius 2 is 2.25 bits per heavy atom. The van der Waals surface area contributed by atoms with Crippen molar-refractivity contribution in [1.29, 1.82) is 5.41 Å². The van der Waals surface area contributed by atoms with E-state index in [2.05, 4.69) is 29.8 Å². The van der Waals surface area contributed by atoms with Crippen molar-refractivity contribution < 1.29 is 0 Å². The Kier molecular flexibility index (Phi) is 3.27. The molecule has 0 unspecified atom stereocenters. The number of aliphatic imine (C=N–C) groups is 1. The molecular formula is C13H12N2S. The average Bonchev–Trinajstić information content (AvgIpc) is 2.71. The van der Waals surface area contributed by atoms with Crippen LogP contribution in [-0.2, 0) is 0 Å². The molecule has 3 heteroatoms. The van der Waals surface area contributed by atoms with Gasteiger partial charge in [0.1, 0.15) is 0 Å². The Bertz CT molecular complexity index is 552. The van der Waals surface area contributed by atoms with Gasteiger partial charge in [0.05, 0.1) is 5.69 Å². The van der Waals surface area contributed by atoms with Gasteiger partial charge in [-0.15, -0.1) is 11.3 Å². The fraction of sp³-hybridized carbons (Fsp3) is 0.0769. The number of nitrogens with zero attached hydrogens (tertiary/aromatic N) is 1. The summed E-state index contributed by atoms with van der Waals surface area (Å²) in [5, 5.41) is 8.13. The molecule has 80 valence electrons. The van der Waals surface area contributed by atoms with Crippen LogP contribution in [0, 0.1) is 5.41 Å². The van der Waals surface area contributed by atoms with E-state index < -0.39 is 0 Å². The number of nitrogens with one attached hydrogen (secondary N) is 1. The topological polar surface area (TPSA) is 36.2 Å². The summed E-state index contributed by atoms with van der Waals surface area (Å²) in [6.45, 7) is 3.77. The van der Waals surface area contributed by atoms with Crippen molar-refractivity contribution in [3.63, 3.8) is 0 Å². The molecule has 0 aliphatic rings. The van der Waals surface area contributed by atoms with Crippen LogP contribution in [0.2, 0.25) is 0 Å². The first kappa shape index (κ1) is 10.8. The number of benzene rings is 1. The van der Waals surface area contributed by atoms with E-state index in [0.29, 0.717) is 6.42 Å². The summed E-state index contributed by atoms with van der Waals surface area (Å²) in [6.07, 6.45) is 5.53. The molecule has 0 bridgehead atoms. The van der Waals surface area contributed by atoms with Gasteiger partial charge in [-0.2, -0.15) is 0 Å². The molecule has 0 radical (unpaired) electrons. The van der Waals surface area contributed by atoms with Crippen LogP contribution in [0.25, 0.3) is 16.2 Å². The average molecular weight is 228 g/mol. The van der Waals surface area contributed by atoms with Crippen LogP contribution in [0.3, 0.4) is 0 Å². The van der Waals surface area contributed by atoms with Gasteiger partial charge in [0.2, 0.25) is 0 Å². The third kappa shape index (κ3) is 2.25. The Morgan fingerprint density at radius 1 is 1.38 bits per heavy atom. The molecular weight excluding hydrogens is 216 g/mol. The molecule has 0 atom stereocenters. The lowest BCUT2D eigenvalue weighted by molar-refractivity contribution is 1.47. The summed E-state index contributed by atoms with van der Waals surface area (Å²) in [7, 11) is 0. The van der Waals surface area contributed by atoms with Gasteiger partial charge in [0.15, 0.2) is 0 Å². The van der Waals surface area contributed by atoms with E-state index >= 15 is 0 Å². The fourth-order valence-corrected chi connectivity index (χ4v) is 2.38. The van der Waals surface area contributed by atoms with Crippen LogP contribution >= 0.6 is 11.3 Å². The van der Waals surface area contributed by atoms with E-state index in [1.807, 2.05) is 12.1 Å². The SMILES string of the molecule is C=Cc1cc2ccc(N=CCC=N)cc2s1. The van der Waals surface area contributed by atoms with E-state index in [0.717, 1.165) is 5.69 Å². The third-order valence-electron chi connectivity index (χ3n) is 2.19. The Balaban J connectivity index is 2.35. The number of rotatable bonds is 4. The monoisotopic (exact) mass is 228 g/mol. The predicted octanol–water partition coefficient (Wildman–Crippen LogP) is 4.29. The molecule has 2 nitrogen and oxygen atoms in total. The molecule has 1 aromatic heterocycles. The zero-order valence-corrected chi connectivity index (χ0v) is 9.63. The zero-order valence-electron chi connectivity index (χ0n) is 8.81. The predicted molar refractivity (Wildman–Crippen MR) is 73.5 cm³/mol. The molecule has 2 aromatic rings. The highest BCUT2D eigenvalue weighted by Crippen LogP contribution is 2.29. The minimum Gasteiger partial charge on any atom is -0.313 e. The molecule has 1 aromatic carbocycles. The lowest BCUT2D eigenvalue weighted by Gasteiger charge is -1.92. The van der Waals surface area contributed by atoms with Gasteiger partial charge in [-0.25, -0.2) is 0 Å². The first-order valence-corrected chi connectivity index (χ1v) is 5.82. The minimum atomic E-state index is 0.584. The number of hydrogen-bond acceptors (Lipinski definition) is 3. The molecule has 1 heterocycles. The van der Waals surface area contributed by atoms with Crippen molar-refractivity contribution in [3.05, 3.63) is 35.7 Å². The van der Waals surface area contributed by atoms with E-state index in [1.54, 1.807) is 17.6 Å². The van der Waals surface area contributed by atoms with Crippen molar-refractivity contribution in [2.45, 2.75) is 6.42 Å². The van der Waals surface area contributed by atoms with E-state index in [9.17, 15) is 0 Å². The van der Waals surface area contributed by atoms with Crippen LogP contribution in [-0.4, -0.2) is 12.4 Å². The van der Waals surface area contributed by atoms with E-state index in [-0.39, 0.29) is 0 Å². The summed E-state index contributed by atoms with van der Waals surface area (Å²) >= 11 is 1.71. The smallest absolute Gasteiger partial charge is 0.0640 e. The molecule has 2 rings (SSSR count). The van der Waals surface area contributed by atoms with Crippen LogP contribution in [0.4, 0.5) is 5.69 Å². The molecule has 0 amide bonds. The normalized spacial score (nSPS) is 11.0. The fourth-order valence-electron chi connectivity index (χ4n) is 1.43. The largest absolute Gasteiger partial charge is 0.313 e. The first-order chi connectivity index (χ1) is 7.83. The Morgan fingerprint density at radius 3 is 3.00 bits per heavy atom. The van der Waals surface area contributed by atoms with Crippen LogP contribution < -0.4 is 0 Å². The first-order valence-electron chi connectivity index (χ1n) is 5.01. The molecule has 0 fully saturated rings. The van der Waals surface area contributed by atoms with Crippen molar-refractivity contribution in [1.82, 2.24) is 0 Å². The highest BCUT2D eigenvalue weighted by Gasteiger charge is 1.99. The summed E-state index contributed by atoms with van der Waals surface area (Å²) in [5.74, 6) is 0. The van der Waals surface area contributed by atoms with Gasteiger partial charge in [-0.3, -0.25) is 4.99 Å². The summed E-state index contributed by atoms with van der Waals surface area (Å²) < 4.78 is 1.22. The zero-order chi connectivity index (χ0) is 11.4. The van der Waals surface area contributed by atoms with Gasteiger partial charge in [-0.1, -0.05) is 18.7 Å². The molecule has 0 spiro atoms. The number of thiophene rings is 1. The van der Waals surface area contributed by atoms with Crippen molar-refractivity contribution in [2.75, 3.05) is 0 Å². The van der Waals surface area contributed by atoms with Crippen LogP contribution in [0.1, 0.15) is 11.3 Å². The highest BCUT2D eigenvalue weighted by molar-refractivity contribution is 7.19. The maximum Gasteiger partial charge on any atom is 0.0640 e. The maximum absolute atomic E-state index is 6.90. The van der Waals surface area contributed by atoms with Gasteiger partial charge in [0, 0.05) is 28.4 Å². The molecule has 0 saturated carbocycles. The van der Waals surface area contributed by atoms with Gasteiger partial charge < -0.3 is 5.41 Å². The van der Waals surface area contributed by atoms with Crippen LogP contribution in [0.15, 0.2) is 35.8 Å². The summed E-state index contributed by atoms with van der Waals surface area (Å²) in [5.41, 5.74) is 0.937. The summed E-state index contributed by atoms with van der Waals surface area (Å²) in [6, 6.07) is 8.24. The number of fused-ring (bicyclic) bond motifs is 1. The maximum atomic E-state index is 6.90. The second-order valence-corrected chi connectivity index (χ2v) is 4.44. The highest BCUT2D eigenvalue weighted by atomic mass is 32.1. The van der Waals surface area contributed by atoms with Gasteiger partial charge in [-0.05, 0) is 23.6 Å². The second kappa shape index (κ2) is 4.86. The van der Waals surface area contributed by atoms with E-state index in [1.165, 1.54) is 21.2 Å². The second-order valence-electron chi connectivity index (χ2n) is 3.33. The van der Waals surface area contributed by atoms with Crippen molar-refractivity contribution in [2.24, 2.45) is 4.99 Å². The minimum absolute atomic E-state index is 0.584. The van der Waals surface area contributed by atoms with Crippen LogP contribution in [0.5, 0.6) is 0 Å². The van der Waals surface area contributed by atoms with E-state index in [4.69, 9.17) is 5.41 Å². The van der Waals surface area contributed by atoms with Crippen molar-refractivity contribution in [3.8, 4) is 0 Å². The van der Waals surface area contributed by atoms with Gasteiger partial charge in [0.25, 0.3) is 0 Å².